The van der Waals surface area contributed by atoms with Crippen molar-refractivity contribution in [2.75, 3.05) is 0 Å². The van der Waals surface area contributed by atoms with E-state index in [1.165, 1.54) is 25.7 Å². The molecule has 0 unspecified atom stereocenters. The first-order chi connectivity index (χ1) is 6.75. The van der Waals surface area contributed by atoms with Crippen LogP contribution in [0.25, 0.3) is 0 Å². The Bertz CT molecular complexity index is 211. The highest BCUT2D eigenvalue weighted by atomic mass is 16.1. The van der Waals surface area contributed by atoms with Gasteiger partial charge >= 0.3 is 0 Å². The molecule has 0 saturated heterocycles. The molecule has 0 heterocycles. The van der Waals surface area contributed by atoms with Crippen LogP contribution in [0.4, 0.5) is 0 Å². The molecule has 2 saturated carbocycles. The number of nitrogens with one attached hydrogen (secondary N) is 1. The zero-order valence-corrected chi connectivity index (χ0v) is 8.67. The lowest BCUT2D eigenvalue weighted by Crippen LogP contribution is -2.37. The highest BCUT2D eigenvalue weighted by Gasteiger charge is 2.29. The maximum Gasteiger partial charge on any atom is 0.223 e. The van der Waals surface area contributed by atoms with Crippen LogP contribution in [0.5, 0.6) is 0 Å². The molecule has 0 aromatic heterocycles. The Hall–Kier alpha value is -0.570. The van der Waals surface area contributed by atoms with Gasteiger partial charge in [0.15, 0.2) is 0 Å². The molecule has 2 rings (SSSR count). The highest BCUT2D eigenvalue weighted by molar-refractivity contribution is 5.79. The third-order valence-corrected chi connectivity index (χ3v) is 3.55. The Morgan fingerprint density at radius 1 is 1.14 bits per heavy atom. The third kappa shape index (κ3) is 2.27. The molecule has 3 heteroatoms. The summed E-state index contributed by atoms with van der Waals surface area (Å²) < 4.78 is 0. The van der Waals surface area contributed by atoms with Crippen LogP contribution in [0.1, 0.15) is 44.9 Å². The lowest BCUT2D eigenvalue weighted by Gasteiger charge is -2.15. The SMILES string of the molecule is N[C@H]1CC[C@@H](C(=O)NC2CCCC2)C1. The average Bonchev–Trinajstić information content (AvgIpc) is 2.75. The summed E-state index contributed by atoms with van der Waals surface area (Å²) >= 11 is 0. The average molecular weight is 196 g/mol. The molecule has 0 aromatic carbocycles. The van der Waals surface area contributed by atoms with Gasteiger partial charge in [-0.05, 0) is 32.1 Å². The number of hydrogen-bond acceptors (Lipinski definition) is 2. The molecule has 2 fully saturated rings. The van der Waals surface area contributed by atoms with Gasteiger partial charge in [0.25, 0.3) is 0 Å². The van der Waals surface area contributed by atoms with Crippen molar-refractivity contribution >= 4 is 5.91 Å². The van der Waals surface area contributed by atoms with Gasteiger partial charge in [-0.15, -0.1) is 0 Å². The molecule has 0 aliphatic heterocycles. The van der Waals surface area contributed by atoms with Crippen molar-refractivity contribution in [2.45, 2.75) is 57.0 Å². The number of rotatable bonds is 2. The smallest absolute Gasteiger partial charge is 0.223 e. The van der Waals surface area contributed by atoms with Crippen LogP contribution in [0.2, 0.25) is 0 Å². The number of carbonyl (C=O) groups excluding carboxylic acids is 1. The Labute approximate surface area is 85.4 Å². The van der Waals surface area contributed by atoms with Crippen molar-refractivity contribution in [3.63, 3.8) is 0 Å². The monoisotopic (exact) mass is 196 g/mol. The molecule has 2 atom stereocenters. The second-order valence-corrected chi connectivity index (χ2v) is 4.76. The first kappa shape index (κ1) is 9.97. The van der Waals surface area contributed by atoms with Crippen molar-refractivity contribution < 1.29 is 4.79 Å². The molecular formula is C11H20N2O. The molecule has 14 heavy (non-hydrogen) atoms. The molecule has 0 radical (unpaired) electrons. The Balaban J connectivity index is 1.77. The number of amides is 1. The molecule has 3 N–H and O–H groups in total. The molecular weight excluding hydrogens is 176 g/mol. The van der Waals surface area contributed by atoms with E-state index in [0.29, 0.717) is 6.04 Å². The van der Waals surface area contributed by atoms with Gasteiger partial charge in [-0.3, -0.25) is 4.79 Å². The summed E-state index contributed by atoms with van der Waals surface area (Å²) in [5, 5.41) is 3.15. The molecule has 0 bridgehead atoms. The van der Waals surface area contributed by atoms with E-state index in [2.05, 4.69) is 5.32 Å². The van der Waals surface area contributed by atoms with Gasteiger partial charge in [0.05, 0.1) is 0 Å². The molecule has 0 spiro atoms. The van der Waals surface area contributed by atoms with E-state index in [4.69, 9.17) is 5.73 Å². The van der Waals surface area contributed by atoms with E-state index in [0.717, 1.165) is 19.3 Å². The van der Waals surface area contributed by atoms with E-state index in [1.807, 2.05) is 0 Å². The quantitative estimate of drug-likeness (QED) is 0.696. The summed E-state index contributed by atoms with van der Waals surface area (Å²) in [5.41, 5.74) is 5.79. The number of nitrogens with two attached hydrogens (primary N) is 1. The first-order valence-corrected chi connectivity index (χ1v) is 5.81. The molecule has 3 nitrogen and oxygen atoms in total. The van der Waals surface area contributed by atoms with Crippen LogP contribution in [-0.2, 0) is 4.79 Å². The van der Waals surface area contributed by atoms with Crippen molar-refractivity contribution in [3.8, 4) is 0 Å². The summed E-state index contributed by atoms with van der Waals surface area (Å²) in [6.07, 6.45) is 7.78. The van der Waals surface area contributed by atoms with E-state index in [9.17, 15) is 4.79 Å². The van der Waals surface area contributed by atoms with Crippen LogP contribution in [0.3, 0.4) is 0 Å². The molecule has 1 amide bonds. The molecule has 2 aliphatic carbocycles. The fourth-order valence-corrected chi connectivity index (χ4v) is 2.64. The predicted octanol–water partition coefficient (Wildman–Crippen LogP) is 1.17. The lowest BCUT2D eigenvalue weighted by atomic mass is 10.1. The van der Waals surface area contributed by atoms with Gasteiger partial charge in [0.2, 0.25) is 5.91 Å². The van der Waals surface area contributed by atoms with Gasteiger partial charge < -0.3 is 11.1 Å². The van der Waals surface area contributed by atoms with E-state index < -0.39 is 0 Å². The maximum absolute atomic E-state index is 11.8. The molecule has 2 aliphatic rings. The van der Waals surface area contributed by atoms with Gasteiger partial charge in [0, 0.05) is 18.0 Å². The third-order valence-electron chi connectivity index (χ3n) is 3.55. The minimum absolute atomic E-state index is 0.200. The predicted molar refractivity (Wildman–Crippen MR) is 55.7 cm³/mol. The summed E-state index contributed by atoms with van der Waals surface area (Å²) in [4.78, 5) is 11.8. The second kappa shape index (κ2) is 4.30. The topological polar surface area (TPSA) is 55.1 Å². The second-order valence-electron chi connectivity index (χ2n) is 4.76. The lowest BCUT2D eigenvalue weighted by molar-refractivity contribution is -0.125. The summed E-state index contributed by atoms with van der Waals surface area (Å²) in [5.74, 6) is 0.454. The minimum atomic E-state index is 0.200. The number of hydrogen-bond donors (Lipinski definition) is 2. The zero-order valence-electron chi connectivity index (χ0n) is 8.67. The van der Waals surface area contributed by atoms with Crippen LogP contribution >= 0.6 is 0 Å². The van der Waals surface area contributed by atoms with Crippen molar-refractivity contribution in [3.05, 3.63) is 0 Å². The van der Waals surface area contributed by atoms with Crippen molar-refractivity contribution in [2.24, 2.45) is 11.7 Å². The van der Waals surface area contributed by atoms with Crippen LogP contribution in [0, 0.1) is 5.92 Å². The van der Waals surface area contributed by atoms with Gasteiger partial charge in [-0.2, -0.15) is 0 Å². The standard InChI is InChI=1S/C11H20N2O/c12-9-6-5-8(7-9)11(14)13-10-3-1-2-4-10/h8-10H,1-7,12H2,(H,13,14)/t8-,9+/m1/s1. The van der Waals surface area contributed by atoms with E-state index in [1.54, 1.807) is 0 Å². The zero-order chi connectivity index (χ0) is 9.97. The van der Waals surface area contributed by atoms with Crippen LogP contribution in [0.15, 0.2) is 0 Å². The van der Waals surface area contributed by atoms with Crippen LogP contribution in [-0.4, -0.2) is 18.0 Å². The summed E-state index contributed by atoms with van der Waals surface area (Å²) in [6, 6.07) is 0.716. The first-order valence-electron chi connectivity index (χ1n) is 5.81. The molecule has 0 aromatic rings. The fraction of sp³-hybridized carbons (Fsp3) is 0.909. The van der Waals surface area contributed by atoms with Gasteiger partial charge in [-0.1, -0.05) is 12.8 Å². The van der Waals surface area contributed by atoms with E-state index >= 15 is 0 Å². The van der Waals surface area contributed by atoms with E-state index in [-0.39, 0.29) is 17.9 Å². The minimum Gasteiger partial charge on any atom is -0.353 e. The summed E-state index contributed by atoms with van der Waals surface area (Å²) in [6.45, 7) is 0. The largest absolute Gasteiger partial charge is 0.353 e. The molecule has 80 valence electrons. The summed E-state index contributed by atoms with van der Waals surface area (Å²) in [7, 11) is 0. The van der Waals surface area contributed by atoms with Crippen LogP contribution < -0.4 is 11.1 Å². The maximum atomic E-state index is 11.8. The van der Waals surface area contributed by atoms with Gasteiger partial charge in [0.1, 0.15) is 0 Å². The van der Waals surface area contributed by atoms with Gasteiger partial charge in [-0.25, -0.2) is 0 Å². The fourth-order valence-electron chi connectivity index (χ4n) is 2.64. The van der Waals surface area contributed by atoms with Crippen molar-refractivity contribution in [1.82, 2.24) is 5.32 Å². The highest BCUT2D eigenvalue weighted by Crippen LogP contribution is 2.25. The van der Waals surface area contributed by atoms with Crippen molar-refractivity contribution in [1.29, 1.82) is 0 Å². The normalized spacial score (nSPS) is 33.5. The number of carbonyl (C=O) groups is 1. The Morgan fingerprint density at radius 2 is 1.86 bits per heavy atom. The Morgan fingerprint density at radius 3 is 2.43 bits per heavy atom. The Kier molecular flexibility index (Phi) is 3.06.